The zero-order valence-corrected chi connectivity index (χ0v) is 24.9. The number of nitriles is 1. The number of pyridine rings is 3. The standard InChI is InChI=1S/C31H30FN9O2S/c1-38-21-26(20-36-38)24-15-29(31-25(17-33)19-37-41(31)22-24)23-6-7-30(35-18-23)39-10-12-40(13-11-39)44(42,43)14-4-2-3-5-28-16-27(32)8-9-34-28/h2-3,6-9,15-16,18-22H,4-5,10-14H2,1H3/b3-2+. The van der Waals surface area contributed by atoms with E-state index in [4.69, 9.17) is 4.98 Å². The van der Waals surface area contributed by atoms with Gasteiger partial charge in [0.15, 0.2) is 0 Å². The second-order valence-corrected chi connectivity index (χ2v) is 12.6. The molecule has 1 saturated heterocycles. The Hall–Kier alpha value is -4.93. The van der Waals surface area contributed by atoms with Gasteiger partial charge in [0.05, 0.1) is 29.2 Å². The summed E-state index contributed by atoms with van der Waals surface area (Å²) in [5.74, 6) is 0.431. The van der Waals surface area contributed by atoms with Crippen LogP contribution in [0.4, 0.5) is 10.2 Å². The zero-order chi connectivity index (χ0) is 30.7. The van der Waals surface area contributed by atoms with Gasteiger partial charge < -0.3 is 4.90 Å². The molecule has 0 aliphatic carbocycles. The summed E-state index contributed by atoms with van der Waals surface area (Å²) in [6.07, 6.45) is 14.8. The molecule has 5 aromatic rings. The Balaban J connectivity index is 1.10. The van der Waals surface area contributed by atoms with E-state index >= 15 is 0 Å². The van der Waals surface area contributed by atoms with Crippen LogP contribution in [0.15, 0.2) is 79.7 Å². The van der Waals surface area contributed by atoms with E-state index < -0.39 is 10.0 Å². The third kappa shape index (κ3) is 6.22. The number of halogens is 1. The minimum Gasteiger partial charge on any atom is -0.354 e. The SMILES string of the molecule is Cn1cc(-c2cc(-c3ccc(N4CCN(S(=O)(=O)CC/C=C/Cc5cc(F)ccn5)CC4)nc3)c3c(C#N)cnn3c2)cn1. The van der Waals surface area contributed by atoms with Crippen molar-refractivity contribution in [2.45, 2.75) is 12.8 Å². The molecule has 0 saturated carbocycles. The number of rotatable bonds is 9. The Morgan fingerprint density at radius 2 is 1.80 bits per heavy atom. The number of aromatic nitrogens is 6. The summed E-state index contributed by atoms with van der Waals surface area (Å²) >= 11 is 0. The molecule has 1 aliphatic rings. The summed E-state index contributed by atoms with van der Waals surface area (Å²) in [5.41, 5.74) is 5.28. The first-order chi connectivity index (χ1) is 21.3. The molecule has 0 radical (unpaired) electrons. The minimum absolute atomic E-state index is 0.0128. The number of sulfonamides is 1. The second-order valence-electron chi connectivity index (χ2n) is 10.5. The van der Waals surface area contributed by atoms with Crippen molar-refractivity contribution in [1.29, 1.82) is 5.26 Å². The van der Waals surface area contributed by atoms with Crippen LogP contribution in [0.25, 0.3) is 27.8 Å². The number of allylic oxidation sites excluding steroid dienone is 2. The molecule has 0 N–H and O–H groups in total. The van der Waals surface area contributed by atoms with Crippen molar-refractivity contribution < 1.29 is 12.8 Å². The second kappa shape index (κ2) is 12.4. The lowest BCUT2D eigenvalue weighted by molar-refractivity contribution is 0.384. The van der Waals surface area contributed by atoms with E-state index in [-0.39, 0.29) is 11.6 Å². The van der Waals surface area contributed by atoms with Gasteiger partial charge in [-0.3, -0.25) is 9.67 Å². The average Bonchev–Trinajstić information content (AvgIpc) is 3.66. The number of hydrogen-bond acceptors (Lipinski definition) is 8. The maximum absolute atomic E-state index is 13.3. The molecule has 1 aliphatic heterocycles. The van der Waals surface area contributed by atoms with Crippen molar-refractivity contribution in [3.63, 3.8) is 0 Å². The fourth-order valence-electron chi connectivity index (χ4n) is 5.31. The molecule has 0 amide bonds. The predicted molar refractivity (Wildman–Crippen MR) is 165 cm³/mol. The van der Waals surface area contributed by atoms with Crippen molar-refractivity contribution in [2.75, 3.05) is 36.8 Å². The molecule has 0 unspecified atom stereocenters. The van der Waals surface area contributed by atoms with Gasteiger partial charge in [-0.1, -0.05) is 12.2 Å². The lowest BCUT2D eigenvalue weighted by Crippen LogP contribution is -2.49. The molecule has 0 bridgehead atoms. The molecule has 13 heteroatoms. The summed E-state index contributed by atoms with van der Waals surface area (Å²) in [6, 6.07) is 10.8. The average molecular weight is 612 g/mol. The number of hydrogen-bond donors (Lipinski definition) is 0. The highest BCUT2D eigenvalue weighted by Crippen LogP contribution is 2.32. The molecule has 44 heavy (non-hydrogen) atoms. The van der Waals surface area contributed by atoms with Gasteiger partial charge in [-0.2, -0.15) is 19.8 Å². The van der Waals surface area contributed by atoms with E-state index in [1.807, 2.05) is 43.7 Å². The Kier molecular flexibility index (Phi) is 8.19. The zero-order valence-electron chi connectivity index (χ0n) is 24.1. The molecule has 224 valence electrons. The Bertz CT molecular complexity index is 1970. The first-order valence-electron chi connectivity index (χ1n) is 14.2. The summed E-state index contributed by atoms with van der Waals surface area (Å²) < 4.78 is 44.1. The molecule has 0 spiro atoms. The van der Waals surface area contributed by atoms with Gasteiger partial charge >= 0.3 is 0 Å². The van der Waals surface area contributed by atoms with Crippen LogP contribution in [0.5, 0.6) is 0 Å². The van der Waals surface area contributed by atoms with Gasteiger partial charge in [-0.05, 0) is 36.8 Å². The molecule has 1 fully saturated rings. The van der Waals surface area contributed by atoms with Crippen LogP contribution in [-0.4, -0.2) is 74.0 Å². The van der Waals surface area contributed by atoms with Crippen molar-refractivity contribution in [3.05, 3.63) is 96.7 Å². The smallest absolute Gasteiger partial charge is 0.214 e. The van der Waals surface area contributed by atoms with E-state index in [1.165, 1.54) is 22.6 Å². The van der Waals surface area contributed by atoms with Gasteiger partial charge in [0.25, 0.3) is 0 Å². The van der Waals surface area contributed by atoms with Crippen LogP contribution < -0.4 is 4.90 Å². The van der Waals surface area contributed by atoms with Crippen LogP contribution in [-0.2, 0) is 23.5 Å². The van der Waals surface area contributed by atoms with Crippen molar-refractivity contribution >= 4 is 21.4 Å². The normalized spacial score (nSPS) is 14.4. The third-order valence-electron chi connectivity index (χ3n) is 7.60. The first-order valence-corrected chi connectivity index (χ1v) is 15.8. The fraction of sp³-hybridized carbons (Fsp3) is 0.258. The largest absolute Gasteiger partial charge is 0.354 e. The van der Waals surface area contributed by atoms with Crippen LogP contribution in [0.1, 0.15) is 17.7 Å². The molecular formula is C31H30FN9O2S. The summed E-state index contributed by atoms with van der Waals surface area (Å²) in [7, 11) is -1.55. The summed E-state index contributed by atoms with van der Waals surface area (Å²) in [6.45, 7) is 1.79. The van der Waals surface area contributed by atoms with Crippen LogP contribution in [0.2, 0.25) is 0 Å². The number of fused-ring (bicyclic) bond motifs is 1. The topological polar surface area (TPSA) is 125 Å². The quantitative estimate of drug-likeness (QED) is 0.230. The maximum Gasteiger partial charge on any atom is 0.214 e. The Morgan fingerprint density at radius 3 is 2.50 bits per heavy atom. The highest BCUT2D eigenvalue weighted by Gasteiger charge is 2.27. The van der Waals surface area contributed by atoms with Crippen LogP contribution in [0.3, 0.4) is 0 Å². The number of piperazine rings is 1. The Morgan fingerprint density at radius 1 is 0.955 bits per heavy atom. The van der Waals surface area contributed by atoms with E-state index in [2.05, 4.69) is 26.2 Å². The van der Waals surface area contributed by atoms with Gasteiger partial charge in [-0.25, -0.2) is 22.3 Å². The summed E-state index contributed by atoms with van der Waals surface area (Å²) in [4.78, 5) is 10.9. The van der Waals surface area contributed by atoms with E-state index in [9.17, 15) is 18.1 Å². The van der Waals surface area contributed by atoms with Crippen LogP contribution in [0, 0.1) is 17.1 Å². The highest BCUT2D eigenvalue weighted by atomic mass is 32.2. The molecule has 5 aromatic heterocycles. The molecular weight excluding hydrogens is 581 g/mol. The monoisotopic (exact) mass is 611 g/mol. The van der Waals surface area contributed by atoms with Gasteiger partial charge in [0, 0.05) is 92.4 Å². The highest BCUT2D eigenvalue weighted by molar-refractivity contribution is 7.89. The van der Waals surface area contributed by atoms with Crippen molar-refractivity contribution in [3.8, 4) is 28.3 Å². The molecule has 0 aromatic carbocycles. The van der Waals surface area contributed by atoms with Gasteiger partial charge in [0.2, 0.25) is 10.0 Å². The molecule has 0 atom stereocenters. The van der Waals surface area contributed by atoms with E-state index in [0.29, 0.717) is 55.8 Å². The third-order valence-corrected chi connectivity index (χ3v) is 9.50. The molecule has 6 rings (SSSR count). The van der Waals surface area contributed by atoms with Gasteiger partial charge in [0.1, 0.15) is 17.7 Å². The van der Waals surface area contributed by atoms with Crippen molar-refractivity contribution in [2.24, 2.45) is 7.05 Å². The number of aryl methyl sites for hydroxylation is 1. The lowest BCUT2D eigenvalue weighted by Gasteiger charge is -2.34. The number of nitrogens with zero attached hydrogens (tertiary/aromatic N) is 9. The van der Waals surface area contributed by atoms with Crippen LogP contribution >= 0.6 is 0 Å². The molecule has 11 nitrogen and oxygen atoms in total. The summed E-state index contributed by atoms with van der Waals surface area (Å²) in [5, 5.41) is 18.4. The minimum atomic E-state index is -3.41. The van der Waals surface area contributed by atoms with E-state index in [1.54, 1.807) is 33.9 Å². The lowest BCUT2D eigenvalue weighted by atomic mass is 10.0. The predicted octanol–water partition coefficient (Wildman–Crippen LogP) is 3.84. The van der Waals surface area contributed by atoms with E-state index in [0.717, 1.165) is 28.1 Å². The molecule has 6 heterocycles. The number of anilines is 1. The Labute approximate surface area is 254 Å². The fourth-order valence-corrected chi connectivity index (χ4v) is 6.72. The van der Waals surface area contributed by atoms with Crippen molar-refractivity contribution in [1.82, 2.24) is 33.7 Å². The maximum atomic E-state index is 13.3. The van der Waals surface area contributed by atoms with Gasteiger partial charge in [-0.15, -0.1) is 0 Å². The first kappa shape index (κ1) is 29.2.